The fourth-order valence-corrected chi connectivity index (χ4v) is 0.775. The van der Waals surface area contributed by atoms with E-state index < -0.39 is 0 Å². The molecule has 4 nitrogen and oxygen atoms in total. The molecule has 60 valence electrons. The van der Waals surface area contributed by atoms with Crippen LogP contribution in [0.3, 0.4) is 0 Å². The first kappa shape index (κ1) is 8.07. The molecule has 0 atom stereocenters. The van der Waals surface area contributed by atoms with Crippen molar-refractivity contribution >= 4 is 17.6 Å². The Hall–Kier alpha value is -1.03. The standard InChI is InChI=1S/C6H7ClN2O2/c1-11-6(10)4-9-3-2-5(7)8-9/h2-3H,4H2,1H3. The number of carbonyl (C=O) groups is 1. The zero-order valence-corrected chi connectivity index (χ0v) is 6.71. The number of halogens is 1. The smallest absolute Gasteiger partial charge is 0.327 e. The van der Waals surface area contributed by atoms with Gasteiger partial charge in [0.1, 0.15) is 6.54 Å². The second kappa shape index (κ2) is 3.39. The topological polar surface area (TPSA) is 44.1 Å². The van der Waals surface area contributed by atoms with Crippen molar-refractivity contribution in [2.75, 3.05) is 7.11 Å². The third-order valence-electron chi connectivity index (χ3n) is 1.13. The fraction of sp³-hybridized carbons (Fsp3) is 0.333. The summed E-state index contributed by atoms with van der Waals surface area (Å²) in [5.74, 6) is -0.343. The first-order chi connectivity index (χ1) is 5.22. The molecule has 0 aliphatic heterocycles. The first-order valence-corrected chi connectivity index (χ1v) is 3.36. The van der Waals surface area contributed by atoms with Crippen LogP contribution >= 0.6 is 11.6 Å². The molecule has 0 aliphatic rings. The second-order valence-electron chi connectivity index (χ2n) is 1.91. The SMILES string of the molecule is COC(=O)Cn1ccc(Cl)n1. The molecule has 0 aromatic carbocycles. The molecule has 5 heteroatoms. The van der Waals surface area contributed by atoms with Crippen LogP contribution in [-0.4, -0.2) is 22.9 Å². The Balaban J connectivity index is 2.57. The number of carbonyl (C=O) groups excluding carboxylic acids is 1. The quantitative estimate of drug-likeness (QED) is 0.621. The van der Waals surface area contributed by atoms with Gasteiger partial charge in [0.2, 0.25) is 0 Å². The molecule has 0 amide bonds. The summed E-state index contributed by atoms with van der Waals surface area (Å²) in [7, 11) is 1.33. The van der Waals surface area contributed by atoms with Crippen LogP contribution in [0.4, 0.5) is 0 Å². The van der Waals surface area contributed by atoms with Crippen molar-refractivity contribution in [2.45, 2.75) is 6.54 Å². The largest absolute Gasteiger partial charge is 0.468 e. The summed E-state index contributed by atoms with van der Waals surface area (Å²) in [6.07, 6.45) is 1.61. The molecular weight excluding hydrogens is 168 g/mol. The maximum atomic E-state index is 10.7. The van der Waals surface area contributed by atoms with Crippen LogP contribution in [0.25, 0.3) is 0 Å². The Labute approximate surface area is 68.7 Å². The number of esters is 1. The van der Waals surface area contributed by atoms with E-state index in [4.69, 9.17) is 11.6 Å². The van der Waals surface area contributed by atoms with Gasteiger partial charge in [-0.1, -0.05) is 11.6 Å². The number of hydrogen-bond acceptors (Lipinski definition) is 3. The molecule has 0 N–H and O–H groups in total. The zero-order chi connectivity index (χ0) is 8.27. The van der Waals surface area contributed by atoms with Gasteiger partial charge in [-0.15, -0.1) is 0 Å². The van der Waals surface area contributed by atoms with Crippen molar-refractivity contribution < 1.29 is 9.53 Å². The van der Waals surface area contributed by atoms with Crippen molar-refractivity contribution in [1.29, 1.82) is 0 Å². The van der Waals surface area contributed by atoms with E-state index >= 15 is 0 Å². The minimum atomic E-state index is -0.343. The molecular formula is C6H7ClN2O2. The number of aromatic nitrogens is 2. The lowest BCUT2D eigenvalue weighted by Crippen LogP contribution is -2.11. The van der Waals surface area contributed by atoms with Crippen molar-refractivity contribution in [3.63, 3.8) is 0 Å². The minimum absolute atomic E-state index is 0.100. The highest BCUT2D eigenvalue weighted by molar-refractivity contribution is 6.29. The third kappa shape index (κ3) is 2.23. The highest BCUT2D eigenvalue weighted by atomic mass is 35.5. The summed E-state index contributed by atoms with van der Waals surface area (Å²) in [5.41, 5.74) is 0. The van der Waals surface area contributed by atoms with Crippen molar-refractivity contribution in [3.8, 4) is 0 Å². The molecule has 0 saturated heterocycles. The first-order valence-electron chi connectivity index (χ1n) is 2.98. The monoisotopic (exact) mass is 174 g/mol. The molecule has 0 bridgehead atoms. The van der Waals surface area contributed by atoms with Crippen LogP contribution in [0.1, 0.15) is 0 Å². The second-order valence-corrected chi connectivity index (χ2v) is 2.30. The van der Waals surface area contributed by atoms with E-state index in [2.05, 4.69) is 9.84 Å². The van der Waals surface area contributed by atoms with E-state index in [-0.39, 0.29) is 12.5 Å². The summed E-state index contributed by atoms with van der Waals surface area (Å²) < 4.78 is 5.83. The highest BCUT2D eigenvalue weighted by Gasteiger charge is 2.01. The summed E-state index contributed by atoms with van der Waals surface area (Å²) >= 11 is 5.50. The molecule has 0 radical (unpaired) electrons. The third-order valence-corrected chi connectivity index (χ3v) is 1.33. The molecule has 11 heavy (non-hydrogen) atoms. The van der Waals surface area contributed by atoms with Crippen molar-refractivity contribution in [1.82, 2.24) is 9.78 Å². The number of methoxy groups -OCH3 is 1. The van der Waals surface area contributed by atoms with Crippen LogP contribution in [0, 0.1) is 0 Å². The lowest BCUT2D eigenvalue weighted by atomic mass is 10.6. The van der Waals surface area contributed by atoms with Gasteiger partial charge in [0.15, 0.2) is 5.15 Å². The van der Waals surface area contributed by atoms with Crippen molar-refractivity contribution in [3.05, 3.63) is 17.4 Å². The summed E-state index contributed by atoms with van der Waals surface area (Å²) in [6, 6.07) is 1.60. The van der Waals surface area contributed by atoms with Crippen LogP contribution in [0.2, 0.25) is 5.15 Å². The minimum Gasteiger partial charge on any atom is -0.468 e. The molecule has 1 aromatic heterocycles. The van der Waals surface area contributed by atoms with Crippen LogP contribution in [0.5, 0.6) is 0 Å². The molecule has 0 fully saturated rings. The number of hydrogen-bond donors (Lipinski definition) is 0. The van der Waals surface area contributed by atoms with E-state index in [1.165, 1.54) is 11.8 Å². The molecule has 1 rings (SSSR count). The summed E-state index contributed by atoms with van der Waals surface area (Å²) in [6.45, 7) is 0.100. The van der Waals surface area contributed by atoms with Gasteiger partial charge in [0.25, 0.3) is 0 Å². The molecule has 1 aromatic rings. The van der Waals surface area contributed by atoms with Crippen LogP contribution in [-0.2, 0) is 16.1 Å². The Bertz CT molecular complexity index is 259. The highest BCUT2D eigenvalue weighted by Crippen LogP contribution is 2.01. The van der Waals surface area contributed by atoms with Gasteiger partial charge in [-0.2, -0.15) is 5.10 Å². The maximum Gasteiger partial charge on any atom is 0.327 e. The average Bonchev–Trinajstić information content (AvgIpc) is 2.35. The van der Waals surface area contributed by atoms with Gasteiger partial charge in [0, 0.05) is 6.20 Å². The zero-order valence-electron chi connectivity index (χ0n) is 5.95. The normalized spacial score (nSPS) is 9.64. The Morgan fingerprint density at radius 1 is 1.91 bits per heavy atom. The van der Waals surface area contributed by atoms with Crippen LogP contribution in [0.15, 0.2) is 12.3 Å². The van der Waals surface area contributed by atoms with E-state index in [1.807, 2.05) is 0 Å². The van der Waals surface area contributed by atoms with Gasteiger partial charge in [0.05, 0.1) is 7.11 Å². The van der Waals surface area contributed by atoms with E-state index in [0.29, 0.717) is 5.15 Å². The average molecular weight is 175 g/mol. The van der Waals surface area contributed by atoms with E-state index in [9.17, 15) is 4.79 Å². The van der Waals surface area contributed by atoms with Gasteiger partial charge >= 0.3 is 5.97 Å². The fourth-order valence-electron chi connectivity index (χ4n) is 0.622. The lowest BCUT2D eigenvalue weighted by molar-refractivity contribution is -0.141. The molecule has 0 unspecified atom stereocenters. The van der Waals surface area contributed by atoms with Gasteiger partial charge in [-0.3, -0.25) is 9.48 Å². The number of rotatable bonds is 2. The Morgan fingerprint density at radius 2 is 2.64 bits per heavy atom. The summed E-state index contributed by atoms with van der Waals surface area (Å²) in [5, 5.41) is 4.15. The maximum absolute atomic E-state index is 10.7. The molecule has 1 heterocycles. The Kier molecular flexibility index (Phi) is 2.48. The van der Waals surface area contributed by atoms with Gasteiger partial charge in [-0.25, -0.2) is 0 Å². The van der Waals surface area contributed by atoms with Gasteiger partial charge in [-0.05, 0) is 6.07 Å². The summed E-state index contributed by atoms with van der Waals surface area (Å²) in [4.78, 5) is 10.7. The lowest BCUT2D eigenvalue weighted by Gasteiger charge is -1.97. The molecule has 0 spiro atoms. The number of ether oxygens (including phenoxy) is 1. The molecule has 0 aliphatic carbocycles. The number of nitrogens with zero attached hydrogens (tertiary/aromatic N) is 2. The van der Waals surface area contributed by atoms with E-state index in [1.54, 1.807) is 12.3 Å². The van der Waals surface area contributed by atoms with Crippen molar-refractivity contribution in [2.24, 2.45) is 0 Å². The molecule has 0 saturated carbocycles. The predicted octanol–water partition coefficient (Wildman–Crippen LogP) is 0.710. The Morgan fingerprint density at radius 3 is 3.09 bits per heavy atom. The van der Waals surface area contributed by atoms with Gasteiger partial charge < -0.3 is 4.74 Å². The van der Waals surface area contributed by atoms with E-state index in [0.717, 1.165) is 0 Å². The predicted molar refractivity (Wildman–Crippen MR) is 39.3 cm³/mol. The van der Waals surface area contributed by atoms with Crippen LogP contribution < -0.4 is 0 Å².